The van der Waals surface area contributed by atoms with Crippen LogP contribution in [-0.4, -0.2) is 13.4 Å². The number of rotatable bonds is 3. The first-order chi connectivity index (χ1) is 8.47. The van der Waals surface area contributed by atoms with E-state index in [4.69, 9.17) is 4.18 Å². The Labute approximate surface area is 104 Å². The molecule has 0 radical (unpaired) electrons. The molecule has 0 bridgehead atoms. The van der Waals surface area contributed by atoms with Gasteiger partial charge in [0.05, 0.1) is 0 Å². The highest BCUT2D eigenvalue weighted by atomic mass is 32.2. The SMILES string of the molecule is Cc1ccc(S(=O)(=O)Oc2cccc(F)n2)cc1. The maximum absolute atomic E-state index is 12.8. The van der Waals surface area contributed by atoms with Gasteiger partial charge in [-0.15, -0.1) is 0 Å². The van der Waals surface area contributed by atoms with Gasteiger partial charge >= 0.3 is 10.1 Å². The minimum atomic E-state index is -3.98. The van der Waals surface area contributed by atoms with Crippen LogP contribution in [0.5, 0.6) is 5.88 Å². The standard InChI is InChI=1S/C12H10FNO3S/c1-9-5-7-10(8-6-9)18(15,16)17-12-4-2-3-11(13)14-12/h2-8H,1H3. The molecule has 2 rings (SSSR count). The van der Waals surface area contributed by atoms with Crippen LogP contribution in [-0.2, 0) is 10.1 Å². The summed E-state index contributed by atoms with van der Waals surface area (Å²) in [5.41, 5.74) is 0.929. The zero-order valence-corrected chi connectivity index (χ0v) is 10.3. The number of hydrogen-bond donors (Lipinski definition) is 0. The second-order valence-corrected chi connectivity index (χ2v) is 5.20. The average Bonchev–Trinajstić information content (AvgIpc) is 2.29. The molecule has 1 aromatic carbocycles. The van der Waals surface area contributed by atoms with E-state index in [1.54, 1.807) is 12.1 Å². The summed E-state index contributed by atoms with van der Waals surface area (Å²) in [7, 11) is -3.98. The number of pyridine rings is 1. The zero-order valence-electron chi connectivity index (χ0n) is 9.50. The lowest BCUT2D eigenvalue weighted by Crippen LogP contribution is -2.10. The van der Waals surface area contributed by atoms with E-state index in [2.05, 4.69) is 4.98 Å². The van der Waals surface area contributed by atoms with Gasteiger partial charge in [-0.05, 0) is 25.1 Å². The van der Waals surface area contributed by atoms with Gasteiger partial charge in [-0.2, -0.15) is 17.8 Å². The maximum Gasteiger partial charge on any atom is 0.340 e. The highest BCUT2D eigenvalue weighted by molar-refractivity contribution is 7.87. The molecule has 4 nitrogen and oxygen atoms in total. The second kappa shape index (κ2) is 4.73. The van der Waals surface area contributed by atoms with Gasteiger partial charge in [0.15, 0.2) is 0 Å². The molecule has 0 spiro atoms. The molecule has 0 aliphatic heterocycles. The topological polar surface area (TPSA) is 56.3 Å². The van der Waals surface area contributed by atoms with E-state index in [1.165, 1.54) is 24.3 Å². The molecule has 0 amide bonds. The Kier molecular flexibility index (Phi) is 3.29. The van der Waals surface area contributed by atoms with Gasteiger partial charge in [0.25, 0.3) is 0 Å². The number of aryl methyl sites for hydroxylation is 1. The van der Waals surface area contributed by atoms with E-state index in [-0.39, 0.29) is 10.8 Å². The van der Waals surface area contributed by atoms with E-state index in [9.17, 15) is 12.8 Å². The summed E-state index contributed by atoms with van der Waals surface area (Å²) < 4.78 is 41.2. The van der Waals surface area contributed by atoms with Gasteiger partial charge in [-0.25, -0.2) is 0 Å². The molecule has 94 valence electrons. The fourth-order valence-corrected chi connectivity index (χ4v) is 2.18. The summed E-state index contributed by atoms with van der Waals surface area (Å²) >= 11 is 0. The van der Waals surface area contributed by atoms with Gasteiger partial charge in [0, 0.05) is 6.07 Å². The van der Waals surface area contributed by atoms with Gasteiger partial charge in [0.2, 0.25) is 11.8 Å². The normalized spacial score (nSPS) is 11.2. The lowest BCUT2D eigenvalue weighted by atomic mass is 10.2. The Morgan fingerprint density at radius 2 is 1.78 bits per heavy atom. The van der Waals surface area contributed by atoms with Crippen LogP contribution in [0, 0.1) is 12.9 Å². The Hall–Kier alpha value is -1.95. The van der Waals surface area contributed by atoms with Crippen molar-refractivity contribution < 1.29 is 17.0 Å². The molecular formula is C12H10FNO3S. The smallest absolute Gasteiger partial charge is 0.340 e. The van der Waals surface area contributed by atoms with Crippen molar-refractivity contribution in [3.8, 4) is 5.88 Å². The summed E-state index contributed by atoms with van der Waals surface area (Å²) in [6, 6.07) is 9.83. The number of hydrogen-bond acceptors (Lipinski definition) is 4. The molecule has 2 aromatic rings. The third kappa shape index (κ3) is 2.84. The molecular weight excluding hydrogens is 257 g/mol. The molecule has 18 heavy (non-hydrogen) atoms. The maximum atomic E-state index is 12.8. The van der Waals surface area contributed by atoms with Crippen molar-refractivity contribution in [3.05, 3.63) is 54.0 Å². The molecule has 0 atom stereocenters. The first-order valence-corrected chi connectivity index (χ1v) is 6.52. The quantitative estimate of drug-likeness (QED) is 0.632. The molecule has 0 aliphatic carbocycles. The monoisotopic (exact) mass is 267 g/mol. The number of aromatic nitrogens is 1. The van der Waals surface area contributed by atoms with Crippen LogP contribution in [0.2, 0.25) is 0 Å². The molecule has 0 unspecified atom stereocenters. The second-order valence-electron chi connectivity index (χ2n) is 3.65. The summed E-state index contributed by atoms with van der Waals surface area (Å²) in [5.74, 6) is -1.10. The van der Waals surface area contributed by atoms with Crippen LogP contribution < -0.4 is 4.18 Å². The van der Waals surface area contributed by atoms with Crippen LogP contribution in [0.3, 0.4) is 0 Å². The van der Waals surface area contributed by atoms with Crippen LogP contribution in [0.25, 0.3) is 0 Å². The summed E-state index contributed by atoms with van der Waals surface area (Å²) in [6.45, 7) is 1.84. The summed E-state index contributed by atoms with van der Waals surface area (Å²) in [5, 5.41) is 0. The van der Waals surface area contributed by atoms with Crippen LogP contribution in [0.15, 0.2) is 47.4 Å². The Morgan fingerprint density at radius 3 is 2.39 bits per heavy atom. The van der Waals surface area contributed by atoms with Crippen molar-refractivity contribution >= 4 is 10.1 Å². The van der Waals surface area contributed by atoms with Crippen molar-refractivity contribution in [2.45, 2.75) is 11.8 Å². The number of benzene rings is 1. The third-order valence-electron chi connectivity index (χ3n) is 2.19. The van der Waals surface area contributed by atoms with E-state index >= 15 is 0 Å². The molecule has 0 aliphatic rings. The molecule has 6 heteroatoms. The Morgan fingerprint density at radius 1 is 1.11 bits per heavy atom. The largest absolute Gasteiger partial charge is 0.358 e. The van der Waals surface area contributed by atoms with Crippen molar-refractivity contribution in [1.82, 2.24) is 4.98 Å². The average molecular weight is 267 g/mol. The van der Waals surface area contributed by atoms with E-state index in [0.29, 0.717) is 0 Å². The molecule has 0 N–H and O–H groups in total. The Bertz CT molecular complexity index is 653. The summed E-state index contributed by atoms with van der Waals surface area (Å²) in [4.78, 5) is 3.33. The summed E-state index contributed by atoms with van der Waals surface area (Å²) in [6.07, 6.45) is 0. The molecule has 1 heterocycles. The lowest BCUT2D eigenvalue weighted by Gasteiger charge is -2.06. The molecule has 1 aromatic heterocycles. The van der Waals surface area contributed by atoms with Crippen molar-refractivity contribution in [2.24, 2.45) is 0 Å². The van der Waals surface area contributed by atoms with Crippen LogP contribution >= 0.6 is 0 Å². The van der Waals surface area contributed by atoms with Crippen molar-refractivity contribution in [2.75, 3.05) is 0 Å². The molecule has 0 saturated carbocycles. The highest BCUT2D eigenvalue weighted by Gasteiger charge is 2.17. The van der Waals surface area contributed by atoms with Gasteiger partial charge in [-0.3, -0.25) is 0 Å². The predicted molar refractivity (Wildman–Crippen MR) is 63.2 cm³/mol. The molecule has 0 fully saturated rings. The highest BCUT2D eigenvalue weighted by Crippen LogP contribution is 2.17. The van der Waals surface area contributed by atoms with Crippen molar-refractivity contribution in [1.29, 1.82) is 0 Å². The number of nitrogens with zero attached hydrogens (tertiary/aromatic N) is 1. The van der Waals surface area contributed by atoms with Crippen LogP contribution in [0.1, 0.15) is 5.56 Å². The third-order valence-corrected chi connectivity index (χ3v) is 3.43. The first kappa shape index (κ1) is 12.5. The van der Waals surface area contributed by atoms with Crippen molar-refractivity contribution in [3.63, 3.8) is 0 Å². The van der Waals surface area contributed by atoms with E-state index in [0.717, 1.165) is 11.6 Å². The van der Waals surface area contributed by atoms with Gasteiger partial charge in [0.1, 0.15) is 4.90 Å². The molecule has 0 saturated heterocycles. The van der Waals surface area contributed by atoms with E-state index < -0.39 is 16.1 Å². The fourth-order valence-electron chi connectivity index (χ4n) is 1.30. The number of halogens is 1. The minimum absolute atomic E-state index is 0.000777. The lowest BCUT2D eigenvalue weighted by molar-refractivity contribution is 0.464. The predicted octanol–water partition coefficient (Wildman–Crippen LogP) is 2.30. The van der Waals surface area contributed by atoms with E-state index in [1.807, 2.05) is 6.92 Å². The fraction of sp³-hybridized carbons (Fsp3) is 0.0833. The Balaban J connectivity index is 2.30. The first-order valence-electron chi connectivity index (χ1n) is 5.11. The van der Waals surface area contributed by atoms with Gasteiger partial charge in [-0.1, -0.05) is 23.8 Å². The zero-order chi connectivity index (χ0) is 13.2. The van der Waals surface area contributed by atoms with Crippen LogP contribution in [0.4, 0.5) is 4.39 Å². The minimum Gasteiger partial charge on any atom is -0.358 e. The van der Waals surface area contributed by atoms with Gasteiger partial charge < -0.3 is 4.18 Å².